The van der Waals surface area contributed by atoms with E-state index in [0.717, 1.165) is 18.7 Å². The van der Waals surface area contributed by atoms with Gasteiger partial charge in [0.2, 0.25) is 0 Å². The van der Waals surface area contributed by atoms with E-state index in [9.17, 15) is 4.39 Å². The number of rotatable bonds is 8. The Balaban J connectivity index is 2.21. The third-order valence-corrected chi connectivity index (χ3v) is 3.17. The number of nitrogens with one attached hydrogen (secondary N) is 1. The van der Waals surface area contributed by atoms with Gasteiger partial charge < -0.3 is 10.1 Å². The van der Waals surface area contributed by atoms with Crippen LogP contribution in [0.2, 0.25) is 5.02 Å². The predicted octanol–water partition coefficient (Wildman–Crippen LogP) is 3.59. The van der Waals surface area contributed by atoms with E-state index in [1.165, 1.54) is 6.07 Å². The zero-order valence-electron chi connectivity index (χ0n) is 11.9. The Labute approximate surface area is 120 Å². The fourth-order valence-corrected chi connectivity index (χ4v) is 1.97. The monoisotopic (exact) mass is 287 g/mol. The van der Waals surface area contributed by atoms with Crippen molar-refractivity contribution in [2.45, 2.75) is 27.2 Å². The first-order valence-electron chi connectivity index (χ1n) is 6.73. The molecule has 0 saturated heterocycles. The van der Waals surface area contributed by atoms with Gasteiger partial charge in [0.25, 0.3) is 0 Å². The van der Waals surface area contributed by atoms with E-state index in [2.05, 4.69) is 19.2 Å². The number of hydrogen-bond donors (Lipinski definition) is 1. The first kappa shape index (κ1) is 16.4. The second-order valence-electron chi connectivity index (χ2n) is 5.15. The van der Waals surface area contributed by atoms with Crippen molar-refractivity contribution < 1.29 is 9.13 Å². The van der Waals surface area contributed by atoms with Gasteiger partial charge in [0.15, 0.2) is 0 Å². The molecule has 0 aliphatic heterocycles. The molecular weight excluding hydrogens is 265 g/mol. The Bertz CT molecular complexity index is 396. The lowest BCUT2D eigenvalue weighted by atomic mass is 10.1. The Morgan fingerprint density at radius 3 is 2.74 bits per heavy atom. The van der Waals surface area contributed by atoms with Crippen LogP contribution in [0.25, 0.3) is 0 Å². The summed E-state index contributed by atoms with van der Waals surface area (Å²) in [6, 6.07) is 3.16. The lowest BCUT2D eigenvalue weighted by molar-refractivity contribution is 0.138. The van der Waals surface area contributed by atoms with E-state index in [1.54, 1.807) is 13.0 Å². The Hall–Kier alpha value is -0.640. The Kier molecular flexibility index (Phi) is 7.36. The van der Waals surface area contributed by atoms with Crippen LogP contribution in [0, 0.1) is 18.7 Å². The number of hydrogen-bond acceptors (Lipinski definition) is 2. The molecule has 19 heavy (non-hydrogen) atoms. The highest BCUT2D eigenvalue weighted by Gasteiger charge is 2.05. The van der Waals surface area contributed by atoms with Crippen LogP contribution in [0.4, 0.5) is 4.39 Å². The van der Waals surface area contributed by atoms with Crippen molar-refractivity contribution in [2.75, 3.05) is 26.3 Å². The molecule has 0 aliphatic rings. The predicted molar refractivity (Wildman–Crippen MR) is 78.4 cm³/mol. The average molecular weight is 288 g/mol. The maximum Gasteiger partial charge on any atom is 0.127 e. The van der Waals surface area contributed by atoms with Crippen LogP contribution in [0.3, 0.4) is 0 Å². The quantitative estimate of drug-likeness (QED) is 0.738. The normalized spacial score (nSPS) is 11.3. The zero-order valence-corrected chi connectivity index (χ0v) is 12.7. The van der Waals surface area contributed by atoms with Crippen molar-refractivity contribution in [2.24, 2.45) is 5.92 Å². The zero-order chi connectivity index (χ0) is 14.3. The molecule has 0 aromatic heterocycles. The van der Waals surface area contributed by atoms with E-state index in [1.807, 2.05) is 0 Å². The topological polar surface area (TPSA) is 21.3 Å². The summed E-state index contributed by atoms with van der Waals surface area (Å²) >= 11 is 5.99. The maximum atomic E-state index is 13.2. The van der Waals surface area contributed by atoms with Gasteiger partial charge in [-0.05, 0) is 43.0 Å². The molecule has 0 saturated carbocycles. The fourth-order valence-electron chi connectivity index (χ4n) is 1.73. The van der Waals surface area contributed by atoms with Crippen molar-refractivity contribution in [3.05, 3.63) is 34.1 Å². The molecule has 0 amide bonds. The number of aryl methyl sites for hydroxylation is 1. The van der Waals surface area contributed by atoms with Crippen molar-refractivity contribution >= 4 is 11.6 Å². The van der Waals surface area contributed by atoms with Gasteiger partial charge in [-0.15, -0.1) is 0 Å². The summed E-state index contributed by atoms with van der Waals surface area (Å²) in [7, 11) is 0. The van der Waals surface area contributed by atoms with E-state index in [0.29, 0.717) is 36.1 Å². The highest BCUT2D eigenvalue weighted by atomic mass is 35.5. The molecule has 1 aromatic rings. The highest BCUT2D eigenvalue weighted by Crippen LogP contribution is 2.20. The molecule has 1 aromatic carbocycles. The summed E-state index contributed by atoms with van der Waals surface area (Å²) in [5.41, 5.74) is 1.56. The standard InChI is InChI=1S/C15H23ClFNO/c1-11(2)10-18-5-7-19-6-4-13-8-12(3)15(17)9-14(13)16/h8-9,11,18H,4-7,10H2,1-3H3. The number of benzene rings is 1. The summed E-state index contributed by atoms with van der Waals surface area (Å²) in [5, 5.41) is 3.79. The van der Waals surface area contributed by atoms with Crippen LogP contribution < -0.4 is 5.32 Å². The minimum Gasteiger partial charge on any atom is -0.380 e. The molecule has 0 unspecified atom stereocenters. The second kappa shape index (κ2) is 8.51. The van der Waals surface area contributed by atoms with Gasteiger partial charge in [0, 0.05) is 11.6 Å². The molecule has 0 spiro atoms. The van der Waals surface area contributed by atoms with Gasteiger partial charge in [-0.1, -0.05) is 31.5 Å². The molecule has 0 bridgehead atoms. The van der Waals surface area contributed by atoms with Gasteiger partial charge >= 0.3 is 0 Å². The first-order chi connectivity index (χ1) is 9.00. The number of ether oxygens (including phenoxy) is 1. The van der Waals surface area contributed by atoms with Crippen LogP contribution in [-0.2, 0) is 11.2 Å². The van der Waals surface area contributed by atoms with Crippen LogP contribution in [0.5, 0.6) is 0 Å². The minimum atomic E-state index is -0.257. The minimum absolute atomic E-state index is 0.257. The molecule has 0 atom stereocenters. The molecule has 0 fully saturated rings. The SMILES string of the molecule is Cc1cc(CCOCCNCC(C)C)c(Cl)cc1F. The molecule has 0 heterocycles. The van der Waals surface area contributed by atoms with Crippen molar-refractivity contribution in [1.29, 1.82) is 0 Å². The maximum absolute atomic E-state index is 13.2. The van der Waals surface area contributed by atoms with Crippen molar-refractivity contribution in [3.8, 4) is 0 Å². The molecule has 1 rings (SSSR count). The number of halogens is 2. The summed E-state index contributed by atoms with van der Waals surface area (Å²) in [5.74, 6) is 0.397. The molecule has 0 radical (unpaired) electrons. The van der Waals surface area contributed by atoms with E-state index < -0.39 is 0 Å². The van der Waals surface area contributed by atoms with E-state index >= 15 is 0 Å². The van der Waals surface area contributed by atoms with Gasteiger partial charge in [0.1, 0.15) is 5.82 Å². The van der Waals surface area contributed by atoms with E-state index in [4.69, 9.17) is 16.3 Å². The Morgan fingerprint density at radius 1 is 1.32 bits per heavy atom. The van der Waals surface area contributed by atoms with Gasteiger partial charge in [-0.3, -0.25) is 0 Å². The van der Waals surface area contributed by atoms with Gasteiger partial charge in [0.05, 0.1) is 13.2 Å². The summed E-state index contributed by atoms with van der Waals surface area (Å²) in [6.07, 6.45) is 0.712. The highest BCUT2D eigenvalue weighted by molar-refractivity contribution is 6.31. The molecule has 1 N–H and O–H groups in total. The van der Waals surface area contributed by atoms with Crippen LogP contribution in [0.1, 0.15) is 25.0 Å². The molecule has 2 nitrogen and oxygen atoms in total. The average Bonchev–Trinajstić information content (AvgIpc) is 2.33. The van der Waals surface area contributed by atoms with Crippen molar-refractivity contribution in [1.82, 2.24) is 5.32 Å². The molecular formula is C15H23ClFNO. The van der Waals surface area contributed by atoms with Crippen molar-refractivity contribution in [3.63, 3.8) is 0 Å². The smallest absolute Gasteiger partial charge is 0.127 e. The molecule has 108 valence electrons. The van der Waals surface area contributed by atoms with Gasteiger partial charge in [-0.25, -0.2) is 4.39 Å². The second-order valence-corrected chi connectivity index (χ2v) is 5.56. The molecule has 4 heteroatoms. The van der Waals surface area contributed by atoms with Crippen LogP contribution in [0.15, 0.2) is 12.1 Å². The Morgan fingerprint density at radius 2 is 2.05 bits per heavy atom. The summed E-state index contributed by atoms with van der Waals surface area (Å²) < 4.78 is 18.8. The van der Waals surface area contributed by atoms with Crippen LogP contribution in [-0.4, -0.2) is 26.3 Å². The lowest BCUT2D eigenvalue weighted by Crippen LogP contribution is -2.24. The fraction of sp³-hybridized carbons (Fsp3) is 0.600. The van der Waals surface area contributed by atoms with Gasteiger partial charge in [-0.2, -0.15) is 0 Å². The third-order valence-electron chi connectivity index (χ3n) is 2.82. The summed E-state index contributed by atoms with van der Waals surface area (Å²) in [4.78, 5) is 0. The van der Waals surface area contributed by atoms with E-state index in [-0.39, 0.29) is 5.82 Å². The lowest BCUT2D eigenvalue weighted by Gasteiger charge is -2.09. The third kappa shape index (κ3) is 6.37. The largest absolute Gasteiger partial charge is 0.380 e. The summed E-state index contributed by atoms with van der Waals surface area (Å²) in [6.45, 7) is 9.24. The molecule has 0 aliphatic carbocycles. The van der Waals surface area contributed by atoms with Crippen LogP contribution >= 0.6 is 11.6 Å². The first-order valence-corrected chi connectivity index (χ1v) is 7.11.